The molecule has 0 amide bonds. The number of carbonyl (C=O) groups excluding carboxylic acids is 1. The summed E-state index contributed by atoms with van der Waals surface area (Å²) in [6, 6.07) is 0.412. The van der Waals surface area contributed by atoms with Crippen LogP contribution in [0.15, 0.2) is 23.4 Å². The van der Waals surface area contributed by atoms with E-state index in [4.69, 9.17) is 15.2 Å². The molecule has 176 valence electrons. The van der Waals surface area contributed by atoms with Crippen LogP contribution in [0.4, 0.5) is 10.2 Å². The molecule has 33 heavy (non-hydrogen) atoms. The van der Waals surface area contributed by atoms with Crippen LogP contribution in [0.2, 0.25) is 0 Å². The third kappa shape index (κ3) is 4.44. The van der Waals surface area contributed by atoms with Crippen molar-refractivity contribution in [1.82, 2.24) is 19.7 Å². The Morgan fingerprint density at radius 2 is 2.06 bits per heavy atom. The van der Waals surface area contributed by atoms with E-state index in [0.717, 1.165) is 19.0 Å². The number of ether oxygens (including phenoxy) is 2. The molecule has 1 aliphatic carbocycles. The Morgan fingerprint density at radius 3 is 2.73 bits per heavy atom. The Hall–Kier alpha value is -2.64. The average molecular weight is 496 g/mol. The maximum absolute atomic E-state index is 13.4. The lowest BCUT2D eigenvalue weighted by molar-refractivity contribution is -0.139. The highest BCUT2D eigenvalue weighted by Crippen LogP contribution is 2.38. The molecule has 1 aliphatic heterocycles. The van der Waals surface area contributed by atoms with E-state index >= 15 is 0 Å². The van der Waals surface area contributed by atoms with Crippen LogP contribution in [0.3, 0.4) is 0 Å². The number of esters is 1. The van der Waals surface area contributed by atoms with Crippen molar-refractivity contribution in [3.05, 3.63) is 23.6 Å². The monoisotopic (exact) mass is 495 g/mol. The van der Waals surface area contributed by atoms with Crippen molar-refractivity contribution < 1.29 is 27.1 Å². The second kappa shape index (κ2) is 8.61. The summed E-state index contributed by atoms with van der Waals surface area (Å²) in [5.41, 5.74) is 6.15. The van der Waals surface area contributed by atoms with Crippen LogP contribution in [0.5, 0.6) is 5.19 Å². The number of pyridine rings is 1. The summed E-state index contributed by atoms with van der Waals surface area (Å²) < 4.78 is 51.4. The number of nitrogen functional groups attached to an aromatic ring is 1. The fourth-order valence-corrected chi connectivity index (χ4v) is 6.42. The van der Waals surface area contributed by atoms with Crippen LogP contribution >= 0.6 is 11.3 Å². The summed E-state index contributed by atoms with van der Waals surface area (Å²) in [4.78, 5) is 21.3. The van der Waals surface area contributed by atoms with Crippen LogP contribution in [0, 0.1) is 11.0 Å². The maximum Gasteiger partial charge on any atom is 0.338 e. The zero-order valence-electron chi connectivity index (χ0n) is 17.5. The van der Waals surface area contributed by atoms with Crippen LogP contribution < -0.4 is 10.5 Å². The molecule has 3 aromatic heterocycles. The highest BCUT2D eigenvalue weighted by Gasteiger charge is 2.39. The van der Waals surface area contributed by atoms with Crippen molar-refractivity contribution in [3.8, 4) is 5.19 Å². The first kappa shape index (κ1) is 22.2. The fourth-order valence-electron chi connectivity index (χ4n) is 4.06. The van der Waals surface area contributed by atoms with Crippen molar-refractivity contribution in [1.29, 1.82) is 0 Å². The minimum Gasteiger partial charge on any atom is -0.396 e. The lowest BCUT2D eigenvalue weighted by atomic mass is 9.92. The molecule has 3 aromatic rings. The molecule has 0 bridgehead atoms. The number of fused-ring (bicyclic) bond motifs is 1. The van der Waals surface area contributed by atoms with Gasteiger partial charge in [0.25, 0.3) is 5.19 Å². The number of thiazole rings is 1. The second-order valence-electron chi connectivity index (χ2n) is 8.27. The zero-order chi connectivity index (χ0) is 23.2. The van der Waals surface area contributed by atoms with Crippen molar-refractivity contribution in [3.63, 3.8) is 0 Å². The van der Waals surface area contributed by atoms with Crippen LogP contribution in [0.1, 0.15) is 38.1 Å². The zero-order valence-corrected chi connectivity index (χ0v) is 19.1. The third-order valence-corrected chi connectivity index (χ3v) is 8.89. The summed E-state index contributed by atoms with van der Waals surface area (Å²) in [7, 11) is -3.58. The van der Waals surface area contributed by atoms with Gasteiger partial charge in [0.05, 0.1) is 27.9 Å². The van der Waals surface area contributed by atoms with Gasteiger partial charge in [-0.1, -0.05) is 0 Å². The number of nitrogens with zero attached hydrogens (tertiary/aromatic N) is 4. The molecule has 10 nitrogen and oxygen atoms in total. The third-order valence-electron chi connectivity index (χ3n) is 5.93. The Balaban J connectivity index is 1.55. The molecule has 13 heteroatoms. The number of sulfone groups is 1. The summed E-state index contributed by atoms with van der Waals surface area (Å²) in [6.07, 6.45) is 5.45. The first-order valence-corrected chi connectivity index (χ1v) is 13.0. The van der Waals surface area contributed by atoms with Gasteiger partial charge in [-0.3, -0.25) is 0 Å². The molecule has 5 rings (SSSR count). The van der Waals surface area contributed by atoms with Gasteiger partial charge in [0.1, 0.15) is 5.82 Å². The normalized spacial score (nSPS) is 18.5. The summed E-state index contributed by atoms with van der Waals surface area (Å²) in [5.74, 6) is -0.514. The lowest BCUT2D eigenvalue weighted by Crippen LogP contribution is -2.29. The van der Waals surface area contributed by atoms with Crippen molar-refractivity contribution in [2.24, 2.45) is 5.92 Å². The topological polar surface area (TPSA) is 139 Å². The van der Waals surface area contributed by atoms with Gasteiger partial charge < -0.3 is 15.2 Å². The van der Waals surface area contributed by atoms with Crippen LogP contribution in [0.25, 0.3) is 11.0 Å². The molecule has 4 heterocycles. The molecular weight excluding hydrogens is 473 g/mol. The quantitative estimate of drug-likeness (QED) is 0.490. The van der Waals surface area contributed by atoms with Crippen molar-refractivity contribution in [2.75, 3.05) is 18.9 Å². The number of hydrogen-bond acceptors (Lipinski definition) is 10. The van der Waals surface area contributed by atoms with Gasteiger partial charge in [-0.15, -0.1) is 0 Å². The number of aromatic nitrogens is 4. The Kier molecular flexibility index (Phi) is 5.79. The highest BCUT2D eigenvalue weighted by molar-refractivity contribution is 7.92. The predicted octanol–water partition coefficient (Wildman–Crippen LogP) is 2.51. The molecule has 0 unspecified atom stereocenters. The number of nitrogens with two attached hydrogens (primary N) is 1. The van der Waals surface area contributed by atoms with Gasteiger partial charge in [0.15, 0.2) is 26.7 Å². The van der Waals surface area contributed by atoms with E-state index < -0.39 is 32.2 Å². The summed E-state index contributed by atoms with van der Waals surface area (Å²) in [6.45, 7) is 1.16. The predicted molar refractivity (Wildman–Crippen MR) is 117 cm³/mol. The van der Waals surface area contributed by atoms with Crippen LogP contribution in [-0.4, -0.2) is 52.6 Å². The van der Waals surface area contributed by atoms with Gasteiger partial charge in [-0.2, -0.15) is 9.49 Å². The molecule has 2 fully saturated rings. The number of rotatable bonds is 7. The molecule has 1 saturated carbocycles. The van der Waals surface area contributed by atoms with Gasteiger partial charge in [-0.25, -0.2) is 27.9 Å². The molecule has 0 spiro atoms. The van der Waals surface area contributed by atoms with E-state index in [9.17, 15) is 17.6 Å². The van der Waals surface area contributed by atoms with E-state index in [1.807, 2.05) is 0 Å². The summed E-state index contributed by atoms with van der Waals surface area (Å²) in [5, 5.41) is 3.51. The SMILES string of the molecule is Nc1cc(S(=O)(=O)C2CC2)c2cnn([C@H](CC3CCOCC3)C(=O)Oc3ncc(F)s3)c2n1. The first-order valence-electron chi connectivity index (χ1n) is 10.6. The first-order chi connectivity index (χ1) is 15.8. The smallest absolute Gasteiger partial charge is 0.338 e. The van der Waals surface area contributed by atoms with Crippen molar-refractivity contribution >= 4 is 44.0 Å². The molecule has 0 radical (unpaired) electrons. The van der Waals surface area contributed by atoms with Crippen LogP contribution in [-0.2, 0) is 19.4 Å². The standard InChI is InChI=1S/C20H22FN5O5S2/c21-16-10-23-20(32-16)31-19(27)14(7-11-3-5-30-6-4-11)26-18-13(9-24-26)15(8-17(22)25-18)33(28,29)12-1-2-12/h8-12,14H,1-7H2,(H2,22,25)/t14-/m1/s1. The van der Waals surface area contributed by atoms with E-state index in [1.54, 1.807) is 0 Å². The molecule has 1 atom stereocenters. The fraction of sp³-hybridized carbons (Fsp3) is 0.500. The molecule has 2 aliphatic rings. The van der Waals surface area contributed by atoms with E-state index in [-0.39, 0.29) is 27.5 Å². The van der Waals surface area contributed by atoms with Gasteiger partial charge in [0.2, 0.25) is 0 Å². The number of anilines is 1. The average Bonchev–Trinajstić information content (AvgIpc) is 3.47. The Labute approximate surface area is 192 Å². The minimum absolute atomic E-state index is 0.0173. The largest absolute Gasteiger partial charge is 0.396 e. The minimum atomic E-state index is -3.58. The highest BCUT2D eigenvalue weighted by atomic mass is 32.2. The van der Waals surface area contributed by atoms with Gasteiger partial charge in [-0.05, 0) is 55.4 Å². The maximum atomic E-state index is 13.4. The van der Waals surface area contributed by atoms with Gasteiger partial charge >= 0.3 is 5.97 Å². The summed E-state index contributed by atoms with van der Waals surface area (Å²) >= 11 is 0.613. The van der Waals surface area contributed by atoms with E-state index in [0.29, 0.717) is 49.2 Å². The number of hydrogen-bond donors (Lipinski definition) is 1. The number of carbonyl (C=O) groups is 1. The second-order valence-corrected chi connectivity index (χ2v) is 11.4. The van der Waals surface area contributed by atoms with E-state index in [1.165, 1.54) is 16.9 Å². The number of halogens is 1. The molecule has 0 aromatic carbocycles. The molecule has 1 saturated heterocycles. The molecule has 2 N–H and O–H groups in total. The molecular formula is C20H22FN5O5S2. The van der Waals surface area contributed by atoms with Crippen molar-refractivity contribution in [2.45, 2.75) is 48.3 Å². The van der Waals surface area contributed by atoms with E-state index in [2.05, 4.69) is 15.1 Å². The van der Waals surface area contributed by atoms with Gasteiger partial charge in [0, 0.05) is 13.2 Å². The Morgan fingerprint density at radius 1 is 1.30 bits per heavy atom. The Bertz CT molecular complexity index is 1300. The lowest BCUT2D eigenvalue weighted by Gasteiger charge is -2.25.